The fourth-order valence-electron chi connectivity index (χ4n) is 3.28. The fraction of sp³-hybridized carbons (Fsp3) is 0.467. The van der Waals surface area contributed by atoms with Crippen LogP contribution in [0.5, 0.6) is 11.5 Å². The number of hydrogen-bond donors (Lipinski definition) is 3. The number of phenolic OH excluding ortho intramolecular Hbond substituents is 1. The van der Waals surface area contributed by atoms with E-state index in [1.165, 1.54) is 14.0 Å². The van der Waals surface area contributed by atoms with E-state index < -0.39 is 29.8 Å². The number of carbonyl (C=O) groups is 2. The molecule has 1 aromatic carbocycles. The van der Waals surface area contributed by atoms with Crippen molar-refractivity contribution < 1.29 is 29.6 Å². The number of ether oxygens (including phenoxy) is 1. The lowest BCUT2D eigenvalue weighted by atomic mass is 9.95. The third kappa shape index (κ3) is 1.49. The minimum absolute atomic E-state index is 0.0247. The van der Waals surface area contributed by atoms with Crippen LogP contribution in [0.15, 0.2) is 0 Å². The van der Waals surface area contributed by atoms with Crippen LogP contribution in [0.3, 0.4) is 0 Å². The SMILES string of the molecule is COc1c(O)c2c(c3c1C(O)C(C)C3=O)C(=O)C(C)C2O. The van der Waals surface area contributed by atoms with E-state index in [4.69, 9.17) is 4.74 Å². The van der Waals surface area contributed by atoms with Crippen molar-refractivity contribution in [1.29, 1.82) is 0 Å². The van der Waals surface area contributed by atoms with Gasteiger partial charge >= 0.3 is 0 Å². The van der Waals surface area contributed by atoms with E-state index in [2.05, 4.69) is 0 Å². The highest BCUT2D eigenvalue weighted by molar-refractivity contribution is 6.16. The molecule has 4 unspecified atom stereocenters. The fourth-order valence-corrected chi connectivity index (χ4v) is 3.28. The van der Waals surface area contributed by atoms with Crippen molar-refractivity contribution in [2.75, 3.05) is 7.11 Å². The summed E-state index contributed by atoms with van der Waals surface area (Å²) in [4.78, 5) is 24.7. The number of ketones is 2. The van der Waals surface area contributed by atoms with Crippen LogP contribution in [0.1, 0.15) is 57.9 Å². The van der Waals surface area contributed by atoms with Gasteiger partial charge in [-0.15, -0.1) is 0 Å². The Morgan fingerprint density at radius 3 is 1.81 bits per heavy atom. The largest absolute Gasteiger partial charge is 0.504 e. The first kappa shape index (κ1) is 14.0. The van der Waals surface area contributed by atoms with Gasteiger partial charge < -0.3 is 20.1 Å². The maximum atomic E-state index is 12.4. The van der Waals surface area contributed by atoms with Gasteiger partial charge in [0, 0.05) is 34.1 Å². The van der Waals surface area contributed by atoms with Crippen LogP contribution in [0.2, 0.25) is 0 Å². The van der Waals surface area contributed by atoms with Crippen LogP contribution in [0, 0.1) is 11.8 Å². The molecule has 2 aliphatic rings. The smallest absolute Gasteiger partial charge is 0.169 e. The van der Waals surface area contributed by atoms with E-state index >= 15 is 0 Å². The van der Waals surface area contributed by atoms with Gasteiger partial charge in [-0.05, 0) is 0 Å². The number of benzene rings is 1. The van der Waals surface area contributed by atoms with Crippen molar-refractivity contribution >= 4 is 11.6 Å². The highest BCUT2D eigenvalue weighted by atomic mass is 16.5. The number of phenols is 1. The van der Waals surface area contributed by atoms with E-state index in [1.807, 2.05) is 0 Å². The third-order valence-corrected chi connectivity index (χ3v) is 4.57. The van der Waals surface area contributed by atoms with Crippen molar-refractivity contribution in [3.63, 3.8) is 0 Å². The lowest BCUT2D eigenvalue weighted by Gasteiger charge is -2.17. The van der Waals surface area contributed by atoms with Crippen LogP contribution < -0.4 is 4.74 Å². The molecule has 112 valence electrons. The standard InChI is InChI=1S/C15H16O6/c1-4-10(16)6-7-9(13(19)5(2)11(7)17)15(21-3)14(20)8(6)12(4)18/h4-5,12-13,18-20H,1-3H3. The summed E-state index contributed by atoms with van der Waals surface area (Å²) >= 11 is 0. The number of methoxy groups -OCH3 is 1. The lowest BCUT2D eigenvalue weighted by Crippen LogP contribution is -2.12. The number of aromatic hydroxyl groups is 1. The van der Waals surface area contributed by atoms with Gasteiger partial charge in [0.05, 0.1) is 19.3 Å². The molecule has 0 bridgehead atoms. The zero-order valence-corrected chi connectivity index (χ0v) is 11.9. The topological polar surface area (TPSA) is 104 Å². The first-order valence-corrected chi connectivity index (χ1v) is 6.74. The van der Waals surface area contributed by atoms with Crippen molar-refractivity contribution in [2.45, 2.75) is 26.1 Å². The second-order valence-electron chi connectivity index (χ2n) is 5.65. The minimum Gasteiger partial charge on any atom is -0.504 e. The number of carbonyl (C=O) groups excluding carboxylic acids is 2. The van der Waals surface area contributed by atoms with E-state index in [9.17, 15) is 24.9 Å². The van der Waals surface area contributed by atoms with Gasteiger partial charge in [0.15, 0.2) is 23.1 Å². The zero-order valence-electron chi connectivity index (χ0n) is 11.9. The molecule has 21 heavy (non-hydrogen) atoms. The van der Waals surface area contributed by atoms with Crippen molar-refractivity contribution in [2.24, 2.45) is 11.8 Å². The maximum Gasteiger partial charge on any atom is 0.169 e. The lowest BCUT2D eigenvalue weighted by molar-refractivity contribution is 0.0761. The first-order valence-electron chi connectivity index (χ1n) is 6.74. The Balaban J connectivity index is 2.45. The summed E-state index contributed by atoms with van der Waals surface area (Å²) in [6.07, 6.45) is -2.33. The molecule has 0 saturated heterocycles. The average molecular weight is 292 g/mol. The molecule has 1 aromatic rings. The first-order chi connectivity index (χ1) is 9.82. The van der Waals surface area contributed by atoms with Crippen molar-refractivity contribution in [1.82, 2.24) is 0 Å². The molecule has 3 rings (SSSR count). The van der Waals surface area contributed by atoms with E-state index in [1.54, 1.807) is 6.92 Å². The van der Waals surface area contributed by atoms with Crippen LogP contribution in [-0.4, -0.2) is 34.0 Å². The molecule has 3 N–H and O–H groups in total. The Labute approximate surface area is 121 Å². The van der Waals surface area contributed by atoms with Crippen LogP contribution in [0.25, 0.3) is 0 Å². The molecule has 0 amide bonds. The average Bonchev–Trinajstić information content (AvgIpc) is 2.81. The molecule has 0 aromatic heterocycles. The summed E-state index contributed by atoms with van der Waals surface area (Å²) in [5, 5.41) is 30.7. The maximum absolute atomic E-state index is 12.4. The molecule has 6 heteroatoms. The van der Waals surface area contributed by atoms with Gasteiger partial charge in [0.25, 0.3) is 0 Å². The normalized spacial score (nSPS) is 30.5. The molecular weight excluding hydrogens is 276 g/mol. The zero-order chi connectivity index (χ0) is 15.6. The van der Waals surface area contributed by atoms with Gasteiger partial charge in [0.2, 0.25) is 0 Å². The Kier molecular flexibility index (Phi) is 2.86. The summed E-state index contributed by atoms with van der Waals surface area (Å²) in [7, 11) is 1.30. The molecule has 0 saturated carbocycles. The molecule has 0 heterocycles. The van der Waals surface area contributed by atoms with Crippen molar-refractivity contribution in [3.8, 4) is 11.5 Å². The Hall–Kier alpha value is -1.92. The summed E-state index contributed by atoms with van der Waals surface area (Å²) in [5.41, 5.74) is 0.267. The second kappa shape index (κ2) is 4.29. The van der Waals surface area contributed by atoms with Crippen molar-refractivity contribution in [3.05, 3.63) is 22.3 Å². The molecule has 0 aliphatic heterocycles. The van der Waals surface area contributed by atoms with Gasteiger partial charge in [-0.3, -0.25) is 9.59 Å². The Morgan fingerprint density at radius 1 is 0.905 bits per heavy atom. The number of rotatable bonds is 1. The molecule has 0 fully saturated rings. The van der Waals surface area contributed by atoms with Crippen LogP contribution in [-0.2, 0) is 0 Å². The minimum atomic E-state index is -1.19. The van der Waals surface area contributed by atoms with Gasteiger partial charge in [-0.1, -0.05) is 13.8 Å². The Bertz CT molecular complexity index is 677. The number of fused-ring (bicyclic) bond motifs is 3. The molecule has 2 aliphatic carbocycles. The van der Waals surface area contributed by atoms with Gasteiger partial charge in [-0.25, -0.2) is 0 Å². The predicted octanol–water partition coefficient (Wildman–Crippen LogP) is 1.13. The predicted molar refractivity (Wildman–Crippen MR) is 71.6 cm³/mol. The summed E-state index contributed by atoms with van der Waals surface area (Å²) in [6.45, 7) is 3.08. The van der Waals surface area contributed by atoms with E-state index in [0.717, 1.165) is 0 Å². The highest BCUT2D eigenvalue weighted by Gasteiger charge is 2.49. The summed E-state index contributed by atoms with van der Waals surface area (Å²) in [5.74, 6) is -2.67. The molecule has 0 spiro atoms. The number of aliphatic hydroxyl groups excluding tert-OH is 2. The summed E-state index contributed by atoms with van der Waals surface area (Å²) < 4.78 is 5.11. The molecule has 0 radical (unpaired) electrons. The highest BCUT2D eigenvalue weighted by Crippen LogP contribution is 2.54. The van der Waals surface area contributed by atoms with Crippen LogP contribution >= 0.6 is 0 Å². The number of aliphatic hydroxyl groups is 2. The molecule has 4 atom stereocenters. The quantitative estimate of drug-likeness (QED) is 0.717. The second-order valence-corrected chi connectivity index (χ2v) is 5.65. The molecular formula is C15H16O6. The van der Waals surface area contributed by atoms with Gasteiger partial charge in [-0.2, -0.15) is 0 Å². The van der Waals surface area contributed by atoms with Gasteiger partial charge in [0.1, 0.15) is 0 Å². The van der Waals surface area contributed by atoms with E-state index in [0.29, 0.717) is 0 Å². The third-order valence-electron chi connectivity index (χ3n) is 4.57. The Morgan fingerprint density at radius 2 is 1.33 bits per heavy atom. The number of Topliss-reactive ketones (excluding diaryl/α,β-unsaturated/α-hetero) is 2. The van der Waals surface area contributed by atoms with E-state index in [-0.39, 0.29) is 39.5 Å². The monoisotopic (exact) mass is 292 g/mol. The van der Waals surface area contributed by atoms with Crippen LogP contribution in [0.4, 0.5) is 0 Å². The number of hydrogen-bond acceptors (Lipinski definition) is 6. The molecule has 6 nitrogen and oxygen atoms in total. The summed E-state index contributed by atoms with van der Waals surface area (Å²) in [6, 6.07) is 0.